The van der Waals surface area contributed by atoms with Crippen LogP contribution in [0.15, 0.2) is 12.2 Å². The molecule has 14 atom stereocenters. The van der Waals surface area contributed by atoms with Crippen molar-refractivity contribution in [1.29, 1.82) is 0 Å². The number of nitrogens with one attached hydrogen (secondary N) is 3. The molecule has 4 N–H and O–H groups in total. The van der Waals surface area contributed by atoms with Gasteiger partial charge in [0.1, 0.15) is 66.5 Å². The topological polar surface area (TPSA) is 282 Å². The number of ether oxygens (including phenoxy) is 1. The number of nitrogens with zero attached hydrogens (tertiary/aromatic N) is 9. The highest BCUT2D eigenvalue weighted by Crippen LogP contribution is 2.38. The molecular weight excluding hydrogens is 1180 g/mol. The van der Waals surface area contributed by atoms with Gasteiger partial charge in [0.05, 0.1) is 19.3 Å². The number of aliphatic hydroxyl groups excluding tert-OH is 1. The molecule has 4 aliphatic heterocycles. The van der Waals surface area contributed by atoms with E-state index in [1.165, 1.54) is 87.6 Å². The molecule has 1 spiro atoms. The maximum Gasteiger partial charge on any atom is 0.266 e. The maximum absolute atomic E-state index is 15.3. The van der Waals surface area contributed by atoms with E-state index in [4.69, 9.17) is 4.74 Å². The van der Waals surface area contributed by atoms with Gasteiger partial charge in [-0.25, -0.2) is 10.0 Å². The van der Waals surface area contributed by atoms with Gasteiger partial charge in [-0.1, -0.05) is 102 Å². The Balaban J connectivity index is 1.96. The van der Waals surface area contributed by atoms with Gasteiger partial charge in [-0.05, 0) is 114 Å². The Kier molecular flexibility index (Phi) is 28.3. The van der Waals surface area contributed by atoms with E-state index in [1.54, 1.807) is 54.5 Å². The van der Waals surface area contributed by atoms with Gasteiger partial charge in [0.2, 0.25) is 53.2 Å². The van der Waals surface area contributed by atoms with E-state index in [2.05, 4.69) is 20.9 Å². The van der Waals surface area contributed by atoms with E-state index in [9.17, 15) is 24.3 Å². The lowest BCUT2D eigenvalue weighted by Crippen LogP contribution is -2.76. The Hall–Kier alpha value is -6.21. The third-order valence-electron chi connectivity index (χ3n) is 19.3. The van der Waals surface area contributed by atoms with Gasteiger partial charge >= 0.3 is 0 Å². The number of likely N-dealkylation sites (tertiary alicyclic amines) is 1. The maximum atomic E-state index is 15.3. The van der Waals surface area contributed by atoms with Gasteiger partial charge < -0.3 is 60.1 Å². The van der Waals surface area contributed by atoms with E-state index in [0.717, 1.165) is 34.4 Å². The van der Waals surface area contributed by atoms with Gasteiger partial charge in [-0.2, -0.15) is 0 Å². The van der Waals surface area contributed by atoms with Crippen molar-refractivity contribution in [2.75, 3.05) is 75.1 Å². The van der Waals surface area contributed by atoms with Crippen molar-refractivity contribution >= 4 is 65.0 Å². The summed E-state index contributed by atoms with van der Waals surface area (Å²) in [5.41, 5.74) is -0.00255. The second-order valence-corrected chi connectivity index (χ2v) is 29.1. The summed E-state index contributed by atoms with van der Waals surface area (Å²) in [5.74, 6) is -10.4. The van der Waals surface area contributed by atoms with E-state index in [0.29, 0.717) is 26.2 Å². The average Bonchev–Trinajstić information content (AvgIpc) is 0.867. The van der Waals surface area contributed by atoms with Crippen molar-refractivity contribution in [2.45, 2.75) is 229 Å². The Labute approximate surface area is 548 Å². The highest BCUT2D eigenvalue weighted by Gasteiger charge is 2.54. The van der Waals surface area contributed by atoms with Crippen molar-refractivity contribution < 1.29 is 62.6 Å². The van der Waals surface area contributed by atoms with Crippen LogP contribution in [0.3, 0.4) is 0 Å². The molecule has 522 valence electrons. The lowest BCUT2D eigenvalue weighted by Gasteiger charge is -2.53. The average molecular weight is 1300 g/mol. The number of hydrazine groups is 1. The van der Waals surface area contributed by atoms with Crippen molar-refractivity contribution in [1.82, 2.24) is 60.3 Å². The number of likely N-dealkylation sites (N-methyl/N-ethyl adjacent to an activating group) is 6. The second-order valence-electron chi connectivity index (χ2n) is 29.1. The molecule has 4 aliphatic rings. The Morgan fingerprint density at radius 2 is 1.04 bits per heavy atom. The number of carbonyl (C=O) groups is 11. The van der Waals surface area contributed by atoms with Gasteiger partial charge in [-0.15, -0.1) is 0 Å². The van der Waals surface area contributed by atoms with Gasteiger partial charge in [0.25, 0.3) is 11.8 Å². The third-order valence-corrected chi connectivity index (χ3v) is 19.3. The molecule has 0 aromatic carbocycles. The molecule has 0 aromatic heterocycles. The Morgan fingerprint density at radius 1 is 0.533 bits per heavy atom. The third kappa shape index (κ3) is 18.0. The van der Waals surface area contributed by atoms with Crippen LogP contribution in [0.1, 0.15) is 156 Å². The number of allylic oxidation sites excluding steroid dienone is 2. The molecule has 0 radical (unpaired) electrons. The zero-order chi connectivity index (χ0) is 70.0. The van der Waals surface area contributed by atoms with Gasteiger partial charge in [0, 0.05) is 60.8 Å². The lowest BCUT2D eigenvalue weighted by molar-refractivity contribution is -0.211. The minimum Gasteiger partial charge on any atom is -0.390 e. The predicted octanol–water partition coefficient (Wildman–Crippen LogP) is 2.98. The number of hydrogen-bond acceptors (Lipinski definition) is 14. The fourth-order valence-electron chi connectivity index (χ4n) is 13.5. The first-order chi connectivity index (χ1) is 42.7. The van der Waals surface area contributed by atoms with Crippen LogP contribution in [0.4, 0.5) is 0 Å². The summed E-state index contributed by atoms with van der Waals surface area (Å²) in [7, 11) is 8.56. The van der Waals surface area contributed by atoms with E-state index in [-0.39, 0.29) is 48.9 Å². The van der Waals surface area contributed by atoms with Crippen LogP contribution in [0.5, 0.6) is 0 Å². The van der Waals surface area contributed by atoms with Crippen LogP contribution in [0.2, 0.25) is 0 Å². The lowest BCUT2D eigenvalue weighted by atomic mass is 9.85. The molecule has 4 saturated heterocycles. The predicted molar refractivity (Wildman–Crippen MR) is 350 cm³/mol. The SMILES string of the molecule is C/C=C/C[C@@H](C)[C@@H](O)[C@H]1C(=O)N[C@@H](CC)C(=O)N(C)[C@H](C)C(=O)N(C)[C@@H]([C@H](C)CN2CCC3(COC3)C2)C(=O)N[C@@H](C(C)C)C(=O)N(C)[C@@H](CC(C)C)C(=O)N[C@@H](C)C(=O)N2[C@H](C)C(=O)N2[C@@H](CC(C)C)C(=O)N(C)[C@@H](CC(C)C)C(=O)N(C)[C@@H](C(C)C)C(=O)N1C. The van der Waals surface area contributed by atoms with Crippen molar-refractivity contribution in [3.63, 3.8) is 0 Å². The fourth-order valence-corrected chi connectivity index (χ4v) is 13.5. The number of fused-ring (bicyclic) bond motifs is 1. The largest absolute Gasteiger partial charge is 0.390 e. The molecular formula is C67H116N12O13. The molecule has 4 heterocycles. The van der Waals surface area contributed by atoms with Gasteiger partial charge in [-0.3, -0.25) is 52.7 Å². The molecule has 0 bridgehead atoms. The Morgan fingerprint density at radius 3 is 1.54 bits per heavy atom. The molecule has 0 saturated carbocycles. The number of carbonyl (C=O) groups excluding carboxylic acids is 11. The number of hydrogen-bond donors (Lipinski definition) is 4. The van der Waals surface area contributed by atoms with Crippen LogP contribution in [-0.4, -0.2) is 262 Å². The van der Waals surface area contributed by atoms with Crippen LogP contribution in [-0.2, 0) is 57.5 Å². The van der Waals surface area contributed by atoms with Crippen molar-refractivity contribution in [3.05, 3.63) is 12.2 Å². The first kappa shape index (κ1) is 78.2. The number of aliphatic hydroxyl groups is 1. The number of rotatable bonds is 16. The minimum atomic E-state index is -1.63. The molecule has 25 heteroatoms. The van der Waals surface area contributed by atoms with Crippen LogP contribution in [0, 0.1) is 46.8 Å². The molecule has 4 rings (SSSR count). The van der Waals surface area contributed by atoms with Crippen molar-refractivity contribution in [2.24, 2.45) is 46.8 Å². The fraction of sp³-hybridized carbons (Fsp3) is 0.806. The standard InChI is InChI=1S/C67H116N12O13/c1-24-26-27-42(13)55(80)54-58(83)69-47(25-2)62(87)71(18)45(16)60(85)75(22)53(43(14)33-77-29-28-67(34-77)35-92-36-67)57(82)70-51(40(9)10)65(90)72(19)48(30-37(3)4)56(81)68-44(15)59(84)78-46(17)61(86)79(78)50(32-39(7)8)64(89)73(20)49(31-38(5)6)63(88)74(21)52(41(11)12)66(91)76(54)23/h24,26,37-55,80H,25,27-36H2,1-23H3,(H,68,81)(H,69,83)(H,70,82)/b26-24+/t42-,43-,44+,45-,46-,47+,48+,49+,50+,51+,52+,53+,54+,55-/m1/s1. The zero-order valence-electron chi connectivity index (χ0n) is 59.8. The number of amides is 11. The molecule has 25 nitrogen and oxygen atoms in total. The van der Waals surface area contributed by atoms with Crippen molar-refractivity contribution in [3.8, 4) is 0 Å². The molecule has 4 fully saturated rings. The monoisotopic (exact) mass is 1300 g/mol. The minimum absolute atomic E-state index is 0.00255. The smallest absolute Gasteiger partial charge is 0.266 e. The summed E-state index contributed by atoms with van der Waals surface area (Å²) in [6.45, 7) is 32.7. The van der Waals surface area contributed by atoms with E-state index in [1.807, 2.05) is 54.5 Å². The van der Waals surface area contributed by atoms with Crippen LogP contribution < -0.4 is 16.0 Å². The van der Waals surface area contributed by atoms with Crippen LogP contribution >= 0.6 is 0 Å². The highest BCUT2D eigenvalue weighted by molar-refractivity contribution is 6.02. The first-order valence-electron chi connectivity index (χ1n) is 33.5. The molecule has 0 aliphatic carbocycles. The molecule has 0 aromatic rings. The highest BCUT2D eigenvalue weighted by atomic mass is 16.5. The van der Waals surface area contributed by atoms with E-state index >= 15 is 33.6 Å². The molecule has 0 unspecified atom stereocenters. The molecule has 11 amide bonds. The van der Waals surface area contributed by atoms with E-state index < -0.39 is 161 Å². The normalized spacial score (nSPS) is 29.4. The van der Waals surface area contributed by atoms with Crippen LogP contribution in [0.25, 0.3) is 0 Å². The second kappa shape index (κ2) is 33.3. The quantitative estimate of drug-likeness (QED) is 0.162. The summed E-state index contributed by atoms with van der Waals surface area (Å²) in [4.78, 5) is 174. The first-order valence-corrected chi connectivity index (χ1v) is 33.5. The summed E-state index contributed by atoms with van der Waals surface area (Å²) in [6.07, 6.45) is 3.57. The zero-order valence-corrected chi connectivity index (χ0v) is 59.8. The summed E-state index contributed by atoms with van der Waals surface area (Å²) < 4.78 is 5.59. The Bertz CT molecular complexity index is 2660. The molecule has 92 heavy (non-hydrogen) atoms. The summed E-state index contributed by atoms with van der Waals surface area (Å²) in [6, 6.07) is -14.0. The van der Waals surface area contributed by atoms with Gasteiger partial charge in [0.15, 0.2) is 0 Å². The summed E-state index contributed by atoms with van der Waals surface area (Å²) >= 11 is 0. The summed E-state index contributed by atoms with van der Waals surface area (Å²) in [5, 5.41) is 23.1.